The van der Waals surface area contributed by atoms with E-state index in [9.17, 15) is 18.4 Å². The number of hydrogen-bond acceptors (Lipinski definition) is 2. The van der Waals surface area contributed by atoms with Crippen molar-refractivity contribution < 1.29 is 18.4 Å². The minimum Gasteiger partial charge on any atom is -0.326 e. The number of anilines is 1. The summed E-state index contributed by atoms with van der Waals surface area (Å²) < 4.78 is 29.5. The molecule has 4 nitrogen and oxygen atoms in total. The lowest BCUT2D eigenvalue weighted by Gasteiger charge is -2.20. The third-order valence-electron chi connectivity index (χ3n) is 5.61. The van der Waals surface area contributed by atoms with Crippen molar-refractivity contribution in [3.05, 3.63) is 65.4 Å². The zero-order valence-corrected chi connectivity index (χ0v) is 16.2. The number of aryl methyl sites for hydroxylation is 1. The van der Waals surface area contributed by atoms with Gasteiger partial charge in [0.1, 0.15) is 17.2 Å². The van der Waals surface area contributed by atoms with Crippen molar-refractivity contribution in [1.82, 2.24) is 4.57 Å². The number of carbonyl (C=O) groups excluding carboxylic acids is 2. The van der Waals surface area contributed by atoms with Gasteiger partial charge in [0.15, 0.2) is 0 Å². The Bertz CT molecular complexity index is 1080. The molecule has 1 aliphatic rings. The molecule has 1 amide bonds. The Morgan fingerprint density at radius 2 is 1.69 bits per heavy atom. The smallest absolute Gasteiger partial charge is 0.268 e. The highest BCUT2D eigenvalue weighted by atomic mass is 19.1. The number of nitrogens with zero attached hydrogens (tertiary/aromatic N) is 1. The van der Waals surface area contributed by atoms with E-state index in [0.29, 0.717) is 22.3 Å². The van der Waals surface area contributed by atoms with Crippen LogP contribution in [0, 0.1) is 24.5 Å². The monoisotopic (exact) mass is 396 g/mol. The van der Waals surface area contributed by atoms with Gasteiger partial charge in [0, 0.05) is 22.7 Å². The van der Waals surface area contributed by atoms with Gasteiger partial charge in [-0.3, -0.25) is 14.2 Å². The van der Waals surface area contributed by atoms with Gasteiger partial charge < -0.3 is 5.32 Å². The van der Waals surface area contributed by atoms with Gasteiger partial charge in [-0.15, -0.1) is 0 Å². The molecule has 150 valence electrons. The summed E-state index contributed by atoms with van der Waals surface area (Å²) in [4.78, 5) is 25.4. The van der Waals surface area contributed by atoms with E-state index >= 15 is 0 Å². The number of benzene rings is 2. The summed E-state index contributed by atoms with van der Waals surface area (Å²) in [5.41, 5.74) is 1.16. The molecule has 0 bridgehead atoms. The fourth-order valence-electron chi connectivity index (χ4n) is 4.12. The predicted octanol–water partition coefficient (Wildman–Crippen LogP) is 5.44. The molecule has 1 N–H and O–H groups in total. The van der Waals surface area contributed by atoms with Crippen molar-refractivity contribution in [2.24, 2.45) is 5.92 Å². The molecule has 0 atom stereocenters. The maximum absolute atomic E-state index is 14.1. The fraction of sp³-hybridized carbons (Fsp3) is 0.304. The molecule has 4 rings (SSSR count). The van der Waals surface area contributed by atoms with Crippen LogP contribution in [0.3, 0.4) is 0 Å². The number of hydrogen-bond donors (Lipinski definition) is 1. The lowest BCUT2D eigenvalue weighted by Crippen LogP contribution is -2.24. The highest BCUT2D eigenvalue weighted by Gasteiger charge is 2.23. The van der Waals surface area contributed by atoms with E-state index in [1.165, 1.54) is 17.1 Å². The van der Waals surface area contributed by atoms with Crippen molar-refractivity contribution in [2.75, 3.05) is 5.32 Å². The molecule has 1 saturated carbocycles. The van der Waals surface area contributed by atoms with Gasteiger partial charge in [-0.1, -0.05) is 25.3 Å². The second-order valence-electron chi connectivity index (χ2n) is 7.62. The summed E-state index contributed by atoms with van der Waals surface area (Å²) >= 11 is 0. The van der Waals surface area contributed by atoms with Gasteiger partial charge in [0.05, 0.1) is 5.52 Å². The molecule has 0 unspecified atom stereocenters. The second-order valence-corrected chi connectivity index (χ2v) is 7.62. The van der Waals surface area contributed by atoms with Crippen LogP contribution in [0.5, 0.6) is 0 Å². The maximum atomic E-state index is 14.1. The van der Waals surface area contributed by atoms with Crippen LogP contribution in [0.25, 0.3) is 10.9 Å². The molecule has 1 fully saturated rings. The van der Waals surface area contributed by atoms with E-state index < -0.39 is 23.1 Å². The van der Waals surface area contributed by atoms with Crippen molar-refractivity contribution in [3.8, 4) is 0 Å². The average molecular weight is 396 g/mol. The third kappa shape index (κ3) is 3.67. The molecule has 3 aromatic rings. The molecular formula is C23H22F2N2O2. The van der Waals surface area contributed by atoms with Gasteiger partial charge in [-0.2, -0.15) is 0 Å². The summed E-state index contributed by atoms with van der Waals surface area (Å²) in [5.74, 6) is -2.49. The van der Waals surface area contributed by atoms with E-state index in [1.54, 1.807) is 31.2 Å². The second kappa shape index (κ2) is 7.78. The first kappa shape index (κ1) is 19.3. The summed E-state index contributed by atoms with van der Waals surface area (Å²) in [5, 5.41) is 3.68. The topological polar surface area (TPSA) is 51.1 Å². The summed E-state index contributed by atoms with van der Waals surface area (Å²) in [6.45, 7) is 1.71. The number of fused-ring (bicyclic) bond motifs is 1. The predicted molar refractivity (Wildman–Crippen MR) is 108 cm³/mol. The molecule has 1 aromatic heterocycles. The van der Waals surface area contributed by atoms with Crippen LogP contribution in [0.2, 0.25) is 0 Å². The fourth-order valence-corrected chi connectivity index (χ4v) is 4.12. The molecule has 6 heteroatoms. The molecule has 29 heavy (non-hydrogen) atoms. The van der Waals surface area contributed by atoms with Crippen LogP contribution in [-0.2, 0) is 4.79 Å². The minimum atomic E-state index is -0.896. The normalized spacial score (nSPS) is 14.9. The van der Waals surface area contributed by atoms with Gasteiger partial charge in [0.2, 0.25) is 5.91 Å². The summed E-state index contributed by atoms with van der Waals surface area (Å²) in [6, 6.07) is 10.3. The Morgan fingerprint density at radius 1 is 1.00 bits per heavy atom. The number of aromatic nitrogens is 1. The molecule has 2 aromatic carbocycles. The van der Waals surface area contributed by atoms with Crippen molar-refractivity contribution >= 4 is 28.4 Å². The lowest BCUT2D eigenvalue weighted by molar-refractivity contribution is -0.120. The van der Waals surface area contributed by atoms with Gasteiger partial charge in [0.25, 0.3) is 5.91 Å². The van der Waals surface area contributed by atoms with Gasteiger partial charge in [-0.25, -0.2) is 8.78 Å². The van der Waals surface area contributed by atoms with E-state index in [2.05, 4.69) is 5.32 Å². The van der Waals surface area contributed by atoms with E-state index in [-0.39, 0.29) is 11.8 Å². The molecule has 0 saturated heterocycles. The van der Waals surface area contributed by atoms with Crippen LogP contribution in [0.1, 0.15) is 48.2 Å². The Morgan fingerprint density at radius 3 is 2.38 bits per heavy atom. The highest BCUT2D eigenvalue weighted by molar-refractivity contribution is 6.04. The van der Waals surface area contributed by atoms with Crippen molar-refractivity contribution in [2.45, 2.75) is 39.0 Å². The average Bonchev–Trinajstić information content (AvgIpc) is 3.03. The maximum Gasteiger partial charge on any atom is 0.268 e. The highest BCUT2D eigenvalue weighted by Crippen LogP contribution is 2.28. The van der Waals surface area contributed by atoms with Crippen molar-refractivity contribution in [1.29, 1.82) is 0 Å². The molecular weight excluding hydrogens is 374 g/mol. The molecule has 1 heterocycles. The number of carbonyl (C=O) groups is 2. The SMILES string of the molecule is Cc1cc2cc(NC(=O)C3CCCCC3)ccc2n1C(=O)c1c(F)cccc1F. The van der Waals surface area contributed by atoms with Crippen LogP contribution >= 0.6 is 0 Å². The lowest BCUT2D eigenvalue weighted by atomic mass is 9.88. The summed E-state index contributed by atoms with van der Waals surface area (Å²) in [7, 11) is 0. The zero-order valence-electron chi connectivity index (χ0n) is 16.2. The summed E-state index contributed by atoms with van der Waals surface area (Å²) in [6.07, 6.45) is 5.15. The van der Waals surface area contributed by atoms with Crippen molar-refractivity contribution in [3.63, 3.8) is 0 Å². The Labute approximate surface area is 167 Å². The Kier molecular flexibility index (Phi) is 5.18. The Balaban J connectivity index is 1.65. The van der Waals surface area contributed by atoms with E-state index in [0.717, 1.165) is 37.8 Å². The molecule has 0 aliphatic heterocycles. The van der Waals surface area contributed by atoms with Crippen LogP contribution in [0.4, 0.5) is 14.5 Å². The zero-order chi connectivity index (χ0) is 20.5. The standard InChI is InChI=1S/C23H22F2N2O2/c1-14-12-16-13-17(26-22(28)15-6-3-2-4-7-15)10-11-20(16)27(14)23(29)21-18(24)8-5-9-19(21)25/h5,8-13,15H,2-4,6-7H2,1H3,(H,26,28). The quantitative estimate of drug-likeness (QED) is 0.641. The first-order chi connectivity index (χ1) is 14.0. The first-order valence-corrected chi connectivity index (χ1v) is 9.87. The van der Waals surface area contributed by atoms with E-state index in [1.807, 2.05) is 0 Å². The van der Waals surface area contributed by atoms with E-state index in [4.69, 9.17) is 0 Å². The molecule has 0 spiro atoms. The first-order valence-electron chi connectivity index (χ1n) is 9.87. The number of halogens is 2. The Hall–Kier alpha value is -3.02. The van der Waals surface area contributed by atoms with Gasteiger partial charge in [-0.05, 0) is 56.2 Å². The largest absolute Gasteiger partial charge is 0.326 e. The number of nitrogens with one attached hydrogen (secondary N) is 1. The number of rotatable bonds is 3. The third-order valence-corrected chi connectivity index (χ3v) is 5.61. The van der Waals surface area contributed by atoms with Gasteiger partial charge >= 0.3 is 0 Å². The number of amides is 1. The molecule has 1 aliphatic carbocycles. The minimum absolute atomic E-state index is 0.0182. The van der Waals surface area contributed by atoms with Crippen LogP contribution < -0.4 is 5.32 Å². The molecule has 0 radical (unpaired) electrons. The van der Waals surface area contributed by atoms with Crippen LogP contribution in [-0.4, -0.2) is 16.4 Å². The van der Waals surface area contributed by atoms with Crippen LogP contribution in [0.15, 0.2) is 42.5 Å².